The number of hydrogen-bond donors (Lipinski definition) is 0. The zero-order valence-corrected chi connectivity index (χ0v) is 24.8. The van der Waals surface area contributed by atoms with E-state index < -0.39 is 0 Å². The second-order valence-electron chi connectivity index (χ2n) is 12.0. The lowest BCUT2D eigenvalue weighted by Crippen LogP contribution is -2.58. The van der Waals surface area contributed by atoms with Crippen LogP contribution >= 0.6 is 0 Å². The van der Waals surface area contributed by atoms with Gasteiger partial charge in [0.05, 0.1) is 0 Å². The van der Waals surface area contributed by atoms with Crippen LogP contribution in [0.1, 0.15) is 11.1 Å². The summed E-state index contributed by atoms with van der Waals surface area (Å²) in [5.74, 6) is 0. The minimum Gasteiger partial charge on any atom is -0.455 e. The molecule has 210 valence electrons. The van der Waals surface area contributed by atoms with Crippen molar-refractivity contribution in [3.63, 3.8) is 0 Å². The molecule has 0 spiro atoms. The summed E-state index contributed by atoms with van der Waals surface area (Å²) in [6.45, 7) is 0.0615. The van der Waals surface area contributed by atoms with Crippen LogP contribution < -0.4 is 16.4 Å². The first-order valence-corrected chi connectivity index (χ1v) is 15.7. The van der Waals surface area contributed by atoms with Crippen molar-refractivity contribution in [3.05, 3.63) is 175 Å². The second-order valence-corrected chi connectivity index (χ2v) is 12.0. The topological polar surface area (TPSA) is 13.1 Å². The Morgan fingerprint density at radius 2 is 1.00 bits per heavy atom. The summed E-state index contributed by atoms with van der Waals surface area (Å²) in [6, 6.07) is 59.5. The molecule has 0 atom stereocenters. The smallest absolute Gasteiger partial charge is 0.243 e. The van der Waals surface area contributed by atoms with Gasteiger partial charge in [-0.25, -0.2) is 0 Å². The van der Waals surface area contributed by atoms with E-state index >= 15 is 0 Å². The van der Waals surface area contributed by atoms with Crippen LogP contribution in [0.25, 0.3) is 55.3 Å². The van der Waals surface area contributed by atoms with Gasteiger partial charge < -0.3 is 4.42 Å². The molecule has 0 aliphatic carbocycles. The van der Waals surface area contributed by atoms with Crippen LogP contribution in [0.2, 0.25) is 0 Å². The number of benzene rings is 7. The Kier molecular flexibility index (Phi) is 6.06. The molecule has 0 bridgehead atoms. The van der Waals surface area contributed by atoms with Crippen molar-refractivity contribution in [1.82, 2.24) is 0 Å². The fraction of sp³-hybridized carbons (Fsp3) is 0.0233. The van der Waals surface area contributed by atoms with Crippen LogP contribution in [0.3, 0.4) is 0 Å². The number of furan rings is 1. The molecule has 0 unspecified atom stereocenters. The first-order valence-electron chi connectivity index (χ1n) is 15.7. The lowest BCUT2D eigenvalue weighted by Gasteiger charge is -2.31. The van der Waals surface area contributed by atoms with Gasteiger partial charge in [0.1, 0.15) is 11.2 Å². The highest BCUT2D eigenvalue weighted by Crippen LogP contribution is 2.41. The highest BCUT2D eigenvalue weighted by Gasteiger charge is 2.35. The molecule has 9 rings (SSSR count). The van der Waals surface area contributed by atoms with Gasteiger partial charge in [0.2, 0.25) is 6.71 Å². The van der Waals surface area contributed by atoms with Crippen LogP contribution in [0.5, 0.6) is 0 Å². The molecule has 0 N–H and O–H groups in total. The maximum Gasteiger partial charge on any atom is 0.243 e. The SMILES string of the molecule is c1ccc(-c2ccc(-c3cccc4c3oc3ccccc34)c(-c3ccccc3)c2B2c3ccccc3Cc3ccccc32)cc1. The minimum atomic E-state index is 0.0615. The number of hydrogen-bond acceptors (Lipinski definition) is 1. The van der Waals surface area contributed by atoms with Crippen molar-refractivity contribution in [2.45, 2.75) is 6.42 Å². The molecule has 0 radical (unpaired) electrons. The number of rotatable bonds is 4. The molecule has 2 heteroatoms. The fourth-order valence-electron chi connectivity index (χ4n) is 7.53. The summed E-state index contributed by atoms with van der Waals surface area (Å²) in [4.78, 5) is 0. The quantitative estimate of drug-likeness (QED) is 0.192. The Bertz CT molecular complexity index is 2300. The largest absolute Gasteiger partial charge is 0.455 e. The molecule has 8 aromatic rings. The van der Waals surface area contributed by atoms with Crippen LogP contribution in [-0.4, -0.2) is 6.71 Å². The summed E-state index contributed by atoms with van der Waals surface area (Å²) in [7, 11) is 0. The molecular weight excluding hydrogens is 543 g/mol. The summed E-state index contributed by atoms with van der Waals surface area (Å²) in [5, 5.41) is 2.29. The normalized spacial score (nSPS) is 12.3. The molecule has 1 aliphatic heterocycles. The van der Waals surface area contributed by atoms with Crippen molar-refractivity contribution in [1.29, 1.82) is 0 Å². The van der Waals surface area contributed by atoms with Gasteiger partial charge in [-0.3, -0.25) is 0 Å². The van der Waals surface area contributed by atoms with Crippen molar-refractivity contribution in [2.75, 3.05) is 0 Å². The zero-order chi connectivity index (χ0) is 29.7. The van der Waals surface area contributed by atoms with Crippen LogP contribution in [0.15, 0.2) is 168 Å². The molecule has 0 fully saturated rings. The zero-order valence-electron chi connectivity index (χ0n) is 24.8. The highest BCUT2D eigenvalue weighted by molar-refractivity contribution is 6.98. The lowest BCUT2D eigenvalue weighted by molar-refractivity contribution is 0.670. The van der Waals surface area contributed by atoms with Crippen molar-refractivity contribution >= 4 is 45.0 Å². The second kappa shape index (κ2) is 10.5. The number of para-hydroxylation sites is 2. The minimum absolute atomic E-state index is 0.0615. The molecule has 0 amide bonds. The standard InChI is InChI=1S/C43H29BO/c1-3-14-29(15-4-1)33-26-27-35(37-22-13-21-36-34-20-9-12-25-40(34)45-43(36)37)41(30-16-5-2-6-17-30)42(33)44-38-23-10-7-18-31(38)28-32-19-8-11-24-39(32)44/h1-27H,28H2. The molecule has 1 aromatic heterocycles. The maximum absolute atomic E-state index is 6.64. The van der Waals surface area contributed by atoms with Gasteiger partial charge in [-0.15, -0.1) is 0 Å². The van der Waals surface area contributed by atoms with Crippen LogP contribution in [0.4, 0.5) is 0 Å². The first-order chi connectivity index (χ1) is 22.3. The number of fused-ring (bicyclic) bond motifs is 5. The van der Waals surface area contributed by atoms with Crippen molar-refractivity contribution in [3.8, 4) is 33.4 Å². The van der Waals surface area contributed by atoms with E-state index in [1.807, 2.05) is 6.07 Å². The molecule has 0 saturated carbocycles. The van der Waals surface area contributed by atoms with E-state index in [1.165, 1.54) is 55.3 Å². The molecule has 0 saturated heterocycles. The van der Waals surface area contributed by atoms with Crippen LogP contribution in [-0.2, 0) is 6.42 Å². The van der Waals surface area contributed by atoms with E-state index in [0.29, 0.717) is 0 Å². The Hall–Kier alpha value is -5.60. The molecule has 2 heterocycles. The summed E-state index contributed by atoms with van der Waals surface area (Å²) in [5.41, 5.74) is 15.9. The third kappa shape index (κ3) is 4.18. The van der Waals surface area contributed by atoms with E-state index in [2.05, 4.69) is 158 Å². The van der Waals surface area contributed by atoms with Gasteiger partial charge in [0.15, 0.2) is 0 Å². The van der Waals surface area contributed by atoms with Gasteiger partial charge in [-0.2, -0.15) is 0 Å². The average molecular weight is 573 g/mol. The van der Waals surface area contributed by atoms with E-state index in [9.17, 15) is 0 Å². The van der Waals surface area contributed by atoms with E-state index in [4.69, 9.17) is 4.42 Å². The van der Waals surface area contributed by atoms with E-state index in [0.717, 1.165) is 33.9 Å². The van der Waals surface area contributed by atoms with Gasteiger partial charge in [-0.1, -0.05) is 174 Å². The van der Waals surface area contributed by atoms with Crippen molar-refractivity contribution < 1.29 is 4.42 Å². The Morgan fingerprint density at radius 3 is 1.73 bits per heavy atom. The van der Waals surface area contributed by atoms with Gasteiger partial charge in [0, 0.05) is 16.3 Å². The summed E-state index contributed by atoms with van der Waals surface area (Å²) in [6.07, 6.45) is 0.947. The predicted molar refractivity (Wildman–Crippen MR) is 190 cm³/mol. The fourth-order valence-corrected chi connectivity index (χ4v) is 7.53. The molecule has 45 heavy (non-hydrogen) atoms. The summed E-state index contributed by atoms with van der Waals surface area (Å²) < 4.78 is 6.64. The highest BCUT2D eigenvalue weighted by atomic mass is 16.3. The first kappa shape index (κ1) is 25.9. The van der Waals surface area contributed by atoms with E-state index in [-0.39, 0.29) is 6.71 Å². The Labute approximate surface area is 263 Å². The maximum atomic E-state index is 6.64. The van der Waals surface area contributed by atoms with Gasteiger partial charge in [0.25, 0.3) is 0 Å². The Balaban J connectivity index is 1.45. The van der Waals surface area contributed by atoms with Gasteiger partial charge >= 0.3 is 0 Å². The van der Waals surface area contributed by atoms with Crippen LogP contribution in [0, 0.1) is 0 Å². The summed E-state index contributed by atoms with van der Waals surface area (Å²) >= 11 is 0. The predicted octanol–water partition coefficient (Wildman–Crippen LogP) is 9.01. The lowest BCUT2D eigenvalue weighted by atomic mass is 9.32. The average Bonchev–Trinajstić information content (AvgIpc) is 3.50. The Morgan fingerprint density at radius 1 is 0.422 bits per heavy atom. The molecule has 1 aliphatic rings. The van der Waals surface area contributed by atoms with E-state index in [1.54, 1.807) is 0 Å². The third-order valence-corrected chi connectivity index (χ3v) is 9.49. The molecular formula is C43H29BO. The monoisotopic (exact) mass is 572 g/mol. The third-order valence-electron chi connectivity index (χ3n) is 9.49. The molecule has 1 nitrogen and oxygen atoms in total. The van der Waals surface area contributed by atoms with Crippen molar-refractivity contribution in [2.24, 2.45) is 0 Å². The van der Waals surface area contributed by atoms with Gasteiger partial charge in [-0.05, 0) is 51.4 Å². The molecule has 7 aromatic carbocycles.